The van der Waals surface area contributed by atoms with E-state index >= 15 is 0 Å². The van der Waals surface area contributed by atoms with Crippen LogP contribution < -0.4 is 16.0 Å². The zero-order valence-electron chi connectivity index (χ0n) is 11.3. The van der Waals surface area contributed by atoms with Crippen LogP contribution in [0.5, 0.6) is 0 Å². The zero-order chi connectivity index (χ0) is 13.9. The first-order valence-corrected chi connectivity index (χ1v) is 6.36. The Morgan fingerprint density at radius 1 is 1.42 bits per heavy atom. The highest BCUT2D eigenvalue weighted by Crippen LogP contribution is 2.16. The van der Waals surface area contributed by atoms with Crippen LogP contribution in [0.4, 0.5) is 11.5 Å². The van der Waals surface area contributed by atoms with Crippen molar-refractivity contribution in [2.45, 2.75) is 19.4 Å². The molecule has 6 heteroatoms. The summed E-state index contributed by atoms with van der Waals surface area (Å²) in [6.45, 7) is 6.46. The number of pyridine rings is 1. The lowest BCUT2D eigenvalue weighted by molar-refractivity contribution is -0.120. The lowest BCUT2D eigenvalue weighted by atomic mass is 10.1. The van der Waals surface area contributed by atoms with Crippen LogP contribution in [0.2, 0.25) is 0 Å². The molecule has 0 spiro atoms. The van der Waals surface area contributed by atoms with Gasteiger partial charge in [-0.1, -0.05) is 0 Å². The van der Waals surface area contributed by atoms with E-state index in [1.54, 1.807) is 20.0 Å². The van der Waals surface area contributed by atoms with E-state index < -0.39 is 5.54 Å². The maximum atomic E-state index is 11.7. The summed E-state index contributed by atoms with van der Waals surface area (Å²) < 4.78 is 5.29. The van der Waals surface area contributed by atoms with Crippen molar-refractivity contribution < 1.29 is 9.53 Å². The number of nitrogens with one attached hydrogen (secondary N) is 1. The average molecular weight is 264 g/mol. The molecule has 0 radical (unpaired) electrons. The number of carbonyl (C=O) groups is 1. The number of hydrogen-bond acceptors (Lipinski definition) is 5. The monoisotopic (exact) mass is 264 g/mol. The zero-order valence-corrected chi connectivity index (χ0v) is 11.3. The van der Waals surface area contributed by atoms with Crippen molar-refractivity contribution in [1.29, 1.82) is 0 Å². The molecule has 1 saturated heterocycles. The van der Waals surface area contributed by atoms with E-state index in [0.717, 1.165) is 32.1 Å². The first-order chi connectivity index (χ1) is 8.97. The number of rotatable bonds is 3. The predicted octanol–water partition coefficient (Wildman–Crippen LogP) is 0.594. The van der Waals surface area contributed by atoms with E-state index in [0.29, 0.717) is 5.69 Å². The van der Waals surface area contributed by atoms with Gasteiger partial charge < -0.3 is 20.7 Å². The fourth-order valence-corrected chi connectivity index (χ4v) is 1.73. The van der Waals surface area contributed by atoms with Crippen LogP contribution in [-0.2, 0) is 9.53 Å². The lowest BCUT2D eigenvalue weighted by Crippen LogP contribution is -2.45. The molecule has 1 aromatic heterocycles. The Kier molecular flexibility index (Phi) is 4.01. The van der Waals surface area contributed by atoms with E-state index in [2.05, 4.69) is 15.2 Å². The van der Waals surface area contributed by atoms with Gasteiger partial charge in [-0.15, -0.1) is 0 Å². The fourth-order valence-electron chi connectivity index (χ4n) is 1.73. The molecule has 6 nitrogen and oxygen atoms in total. The summed E-state index contributed by atoms with van der Waals surface area (Å²) in [7, 11) is 0. The third-order valence-corrected chi connectivity index (χ3v) is 2.93. The highest BCUT2D eigenvalue weighted by Gasteiger charge is 2.22. The first kappa shape index (κ1) is 13.8. The molecule has 2 heterocycles. The van der Waals surface area contributed by atoms with Gasteiger partial charge in [0, 0.05) is 13.1 Å². The molecule has 0 bridgehead atoms. The van der Waals surface area contributed by atoms with Gasteiger partial charge in [-0.25, -0.2) is 4.98 Å². The maximum absolute atomic E-state index is 11.7. The smallest absolute Gasteiger partial charge is 0.243 e. The summed E-state index contributed by atoms with van der Waals surface area (Å²) >= 11 is 0. The maximum Gasteiger partial charge on any atom is 0.243 e. The highest BCUT2D eigenvalue weighted by molar-refractivity contribution is 5.97. The molecule has 1 aromatic rings. The van der Waals surface area contributed by atoms with Crippen LogP contribution in [0.1, 0.15) is 13.8 Å². The standard InChI is InChI=1S/C13H20N4O2/c1-13(2,14)12(18)16-10-3-4-11(15-9-10)17-5-7-19-8-6-17/h3-4,9H,5-8,14H2,1-2H3,(H,16,18). The van der Waals surface area contributed by atoms with Gasteiger partial charge in [-0.2, -0.15) is 0 Å². The Labute approximate surface area is 112 Å². The van der Waals surface area contributed by atoms with Crippen molar-refractivity contribution in [3.05, 3.63) is 18.3 Å². The first-order valence-electron chi connectivity index (χ1n) is 6.36. The summed E-state index contributed by atoms with van der Waals surface area (Å²) in [5, 5.41) is 2.74. The molecule has 0 unspecified atom stereocenters. The predicted molar refractivity (Wildman–Crippen MR) is 74.2 cm³/mol. The molecule has 0 aromatic carbocycles. The van der Waals surface area contributed by atoms with E-state index in [4.69, 9.17) is 10.5 Å². The van der Waals surface area contributed by atoms with Crippen LogP contribution in [-0.4, -0.2) is 42.7 Å². The van der Waals surface area contributed by atoms with E-state index in [9.17, 15) is 4.79 Å². The van der Waals surface area contributed by atoms with E-state index in [-0.39, 0.29) is 5.91 Å². The van der Waals surface area contributed by atoms with Gasteiger partial charge in [-0.3, -0.25) is 4.79 Å². The molecule has 3 N–H and O–H groups in total. The Balaban J connectivity index is 2.00. The number of nitrogens with zero attached hydrogens (tertiary/aromatic N) is 2. The van der Waals surface area contributed by atoms with Crippen LogP contribution in [0.15, 0.2) is 18.3 Å². The molecule has 1 aliphatic rings. The molecule has 1 amide bonds. The fraction of sp³-hybridized carbons (Fsp3) is 0.538. The number of nitrogens with two attached hydrogens (primary N) is 1. The summed E-state index contributed by atoms with van der Waals surface area (Å²) in [6, 6.07) is 3.73. The molecule has 0 atom stereocenters. The Hall–Kier alpha value is -1.66. The Morgan fingerprint density at radius 3 is 2.63 bits per heavy atom. The van der Waals surface area contributed by atoms with E-state index in [1.807, 2.05) is 12.1 Å². The van der Waals surface area contributed by atoms with E-state index in [1.165, 1.54) is 0 Å². The van der Waals surface area contributed by atoms with Gasteiger partial charge in [0.05, 0.1) is 30.6 Å². The topological polar surface area (TPSA) is 80.5 Å². The number of morpholine rings is 1. The van der Waals surface area contributed by atoms with Crippen LogP contribution in [0.25, 0.3) is 0 Å². The molecule has 0 saturated carbocycles. The van der Waals surface area contributed by atoms with Crippen molar-refractivity contribution >= 4 is 17.4 Å². The number of hydrogen-bond donors (Lipinski definition) is 2. The van der Waals surface area contributed by atoms with Crippen molar-refractivity contribution in [3.8, 4) is 0 Å². The number of anilines is 2. The summed E-state index contributed by atoms with van der Waals surface area (Å²) in [5.74, 6) is 0.668. The summed E-state index contributed by atoms with van der Waals surface area (Å²) in [4.78, 5) is 18.2. The van der Waals surface area contributed by atoms with Gasteiger partial charge in [0.25, 0.3) is 0 Å². The van der Waals surface area contributed by atoms with Crippen molar-refractivity contribution in [2.75, 3.05) is 36.5 Å². The number of carbonyl (C=O) groups excluding carboxylic acids is 1. The van der Waals surface area contributed by atoms with Gasteiger partial charge in [0.15, 0.2) is 0 Å². The van der Waals surface area contributed by atoms with Gasteiger partial charge in [0.1, 0.15) is 5.82 Å². The molecule has 0 aliphatic carbocycles. The summed E-state index contributed by atoms with van der Waals surface area (Å²) in [6.07, 6.45) is 1.65. The second kappa shape index (κ2) is 5.54. The second-order valence-corrected chi connectivity index (χ2v) is 5.18. The van der Waals surface area contributed by atoms with Crippen LogP contribution in [0.3, 0.4) is 0 Å². The third-order valence-electron chi connectivity index (χ3n) is 2.93. The average Bonchev–Trinajstić information content (AvgIpc) is 2.39. The van der Waals surface area contributed by atoms with Crippen molar-refractivity contribution in [1.82, 2.24) is 4.98 Å². The molecule has 19 heavy (non-hydrogen) atoms. The molecule has 1 aliphatic heterocycles. The third kappa shape index (κ3) is 3.65. The normalized spacial score (nSPS) is 16.3. The number of ether oxygens (including phenoxy) is 1. The minimum Gasteiger partial charge on any atom is -0.378 e. The Bertz CT molecular complexity index is 433. The Morgan fingerprint density at radius 2 is 2.11 bits per heavy atom. The minimum atomic E-state index is -0.900. The number of aromatic nitrogens is 1. The molecule has 2 rings (SSSR count). The second-order valence-electron chi connectivity index (χ2n) is 5.18. The molecular formula is C13H20N4O2. The van der Waals surface area contributed by atoms with Crippen molar-refractivity contribution in [3.63, 3.8) is 0 Å². The number of amides is 1. The van der Waals surface area contributed by atoms with Gasteiger partial charge >= 0.3 is 0 Å². The van der Waals surface area contributed by atoms with Crippen molar-refractivity contribution in [2.24, 2.45) is 5.73 Å². The molecular weight excluding hydrogens is 244 g/mol. The quantitative estimate of drug-likeness (QED) is 0.835. The summed E-state index contributed by atoms with van der Waals surface area (Å²) in [5.41, 5.74) is 5.47. The largest absolute Gasteiger partial charge is 0.378 e. The molecule has 1 fully saturated rings. The highest BCUT2D eigenvalue weighted by atomic mass is 16.5. The SMILES string of the molecule is CC(C)(N)C(=O)Nc1ccc(N2CCOCC2)nc1. The van der Waals surface area contributed by atoms with Gasteiger partial charge in [-0.05, 0) is 26.0 Å². The van der Waals surface area contributed by atoms with Gasteiger partial charge in [0.2, 0.25) is 5.91 Å². The van der Waals surface area contributed by atoms with Crippen LogP contribution in [0, 0.1) is 0 Å². The molecule has 104 valence electrons. The lowest BCUT2D eigenvalue weighted by Gasteiger charge is -2.27. The van der Waals surface area contributed by atoms with Crippen LogP contribution >= 0.6 is 0 Å². The minimum absolute atomic E-state index is 0.228.